The van der Waals surface area contributed by atoms with Crippen molar-refractivity contribution in [3.63, 3.8) is 0 Å². The molecule has 4 unspecified atom stereocenters. The van der Waals surface area contributed by atoms with Crippen LogP contribution in [0.25, 0.3) is 0 Å². The van der Waals surface area contributed by atoms with Crippen LogP contribution in [0.3, 0.4) is 0 Å². The molecule has 0 bridgehead atoms. The van der Waals surface area contributed by atoms with E-state index in [0.717, 1.165) is 28.6 Å². The van der Waals surface area contributed by atoms with Gasteiger partial charge in [0.1, 0.15) is 0 Å². The molecule has 62 valence electrons. The first-order valence-electron chi connectivity index (χ1n) is 5.11. The minimum Gasteiger partial charge on any atom is -0.0620 e. The zero-order valence-corrected chi connectivity index (χ0v) is 7.85. The fourth-order valence-electron chi connectivity index (χ4n) is 4.63. The Bertz CT molecular complexity index is 220. The first-order chi connectivity index (χ1) is 5.11. The van der Waals surface area contributed by atoms with Crippen molar-refractivity contribution in [2.24, 2.45) is 28.6 Å². The van der Waals surface area contributed by atoms with Gasteiger partial charge in [-0.3, -0.25) is 0 Å². The molecule has 3 rings (SSSR count). The SMILES string of the molecule is CC1CC2C[C@@H](C)C3(C)CC123. The van der Waals surface area contributed by atoms with Crippen LogP contribution in [0.5, 0.6) is 0 Å². The maximum Gasteiger partial charge on any atom is -0.0181 e. The van der Waals surface area contributed by atoms with Gasteiger partial charge in [0, 0.05) is 0 Å². The fourth-order valence-corrected chi connectivity index (χ4v) is 4.63. The van der Waals surface area contributed by atoms with Crippen molar-refractivity contribution < 1.29 is 0 Å². The van der Waals surface area contributed by atoms with Gasteiger partial charge in [0.2, 0.25) is 0 Å². The minimum absolute atomic E-state index is 0.787. The lowest BCUT2D eigenvalue weighted by Gasteiger charge is -2.42. The summed E-state index contributed by atoms with van der Waals surface area (Å²) in [6, 6.07) is 0. The van der Waals surface area contributed by atoms with E-state index in [1.54, 1.807) is 19.3 Å². The summed E-state index contributed by atoms with van der Waals surface area (Å²) in [4.78, 5) is 0. The first-order valence-corrected chi connectivity index (χ1v) is 5.11. The number of rotatable bonds is 0. The lowest BCUT2D eigenvalue weighted by molar-refractivity contribution is 0.0591. The van der Waals surface area contributed by atoms with Gasteiger partial charge in [0.15, 0.2) is 0 Å². The lowest BCUT2D eigenvalue weighted by Crippen LogP contribution is -2.36. The third-order valence-electron chi connectivity index (χ3n) is 5.57. The minimum atomic E-state index is 0.787. The second-order valence-electron chi connectivity index (χ2n) is 5.61. The van der Waals surface area contributed by atoms with Gasteiger partial charge < -0.3 is 0 Å². The van der Waals surface area contributed by atoms with Crippen molar-refractivity contribution in [2.75, 3.05) is 0 Å². The van der Waals surface area contributed by atoms with Crippen LogP contribution >= 0.6 is 0 Å². The second kappa shape index (κ2) is 1.41. The van der Waals surface area contributed by atoms with E-state index in [4.69, 9.17) is 0 Å². The Kier molecular flexibility index (Phi) is 0.832. The smallest absolute Gasteiger partial charge is 0.0181 e. The Balaban J connectivity index is 2.01. The summed E-state index contributed by atoms with van der Waals surface area (Å²) >= 11 is 0. The lowest BCUT2D eigenvalue weighted by atomic mass is 9.62. The molecule has 5 atom stereocenters. The van der Waals surface area contributed by atoms with E-state index in [1.165, 1.54) is 0 Å². The first kappa shape index (κ1) is 6.51. The fraction of sp³-hybridized carbons (Fsp3) is 1.00. The molecule has 11 heavy (non-hydrogen) atoms. The van der Waals surface area contributed by atoms with Gasteiger partial charge >= 0.3 is 0 Å². The van der Waals surface area contributed by atoms with Crippen LogP contribution < -0.4 is 0 Å². The standard InChI is InChI=1S/C11H18/c1-7-4-9-5-8(2)11(9)6-10(7,11)3/h7-9H,4-6H2,1-3H3/t7-,8?,9?,10?,11?/m1/s1. The molecule has 1 spiro atoms. The van der Waals surface area contributed by atoms with Crippen molar-refractivity contribution in [3.8, 4) is 0 Å². The third-order valence-corrected chi connectivity index (χ3v) is 5.57. The second-order valence-corrected chi connectivity index (χ2v) is 5.61. The Hall–Kier alpha value is 0. The van der Waals surface area contributed by atoms with Crippen LogP contribution in [0.15, 0.2) is 0 Å². The molecule has 0 aromatic carbocycles. The molecule has 0 N–H and O–H groups in total. The van der Waals surface area contributed by atoms with Gasteiger partial charge in [-0.2, -0.15) is 0 Å². The van der Waals surface area contributed by atoms with Gasteiger partial charge in [0.25, 0.3) is 0 Å². The van der Waals surface area contributed by atoms with Crippen molar-refractivity contribution in [1.82, 2.24) is 0 Å². The highest BCUT2D eigenvalue weighted by molar-refractivity contribution is 5.28. The molecule has 0 amide bonds. The Morgan fingerprint density at radius 2 is 1.73 bits per heavy atom. The topological polar surface area (TPSA) is 0 Å². The van der Waals surface area contributed by atoms with Crippen LogP contribution in [0.2, 0.25) is 0 Å². The van der Waals surface area contributed by atoms with Crippen molar-refractivity contribution in [3.05, 3.63) is 0 Å². The largest absolute Gasteiger partial charge is 0.0620 e. The quantitative estimate of drug-likeness (QED) is 0.498. The predicted octanol–water partition coefficient (Wildman–Crippen LogP) is 3.08. The molecule has 0 radical (unpaired) electrons. The van der Waals surface area contributed by atoms with Crippen molar-refractivity contribution in [1.29, 1.82) is 0 Å². The number of hydrogen-bond acceptors (Lipinski definition) is 0. The molecule has 3 saturated carbocycles. The Morgan fingerprint density at radius 1 is 1.09 bits per heavy atom. The van der Waals surface area contributed by atoms with E-state index in [-0.39, 0.29) is 0 Å². The average molecular weight is 150 g/mol. The summed E-state index contributed by atoms with van der Waals surface area (Å²) in [5.74, 6) is 3.22. The molecular weight excluding hydrogens is 132 g/mol. The van der Waals surface area contributed by atoms with Crippen LogP contribution in [-0.4, -0.2) is 0 Å². The molecule has 0 aromatic heterocycles. The molecule has 3 aliphatic rings. The van der Waals surface area contributed by atoms with Crippen molar-refractivity contribution in [2.45, 2.75) is 40.0 Å². The predicted molar refractivity (Wildman–Crippen MR) is 46.2 cm³/mol. The molecule has 0 heterocycles. The van der Waals surface area contributed by atoms with E-state index in [1.807, 2.05) is 0 Å². The zero-order valence-electron chi connectivity index (χ0n) is 7.85. The number of hydrogen-bond donors (Lipinski definition) is 0. The normalized spacial score (nSPS) is 71.7. The van der Waals surface area contributed by atoms with Crippen LogP contribution in [-0.2, 0) is 0 Å². The average Bonchev–Trinajstić information content (AvgIpc) is 2.56. The van der Waals surface area contributed by atoms with Gasteiger partial charge in [-0.15, -0.1) is 0 Å². The monoisotopic (exact) mass is 150 g/mol. The highest BCUT2D eigenvalue weighted by atomic mass is 14.8. The summed E-state index contributed by atoms with van der Waals surface area (Å²) in [7, 11) is 0. The highest BCUT2D eigenvalue weighted by Gasteiger charge is 2.79. The van der Waals surface area contributed by atoms with E-state index in [9.17, 15) is 0 Å². The summed E-state index contributed by atoms with van der Waals surface area (Å²) in [5, 5.41) is 0. The molecular formula is C11H18. The highest BCUT2D eigenvalue weighted by Crippen LogP contribution is 2.86. The Labute approximate surface area is 69.4 Å². The summed E-state index contributed by atoms with van der Waals surface area (Å²) in [5.41, 5.74) is 1.65. The molecule has 0 aromatic rings. The van der Waals surface area contributed by atoms with Crippen molar-refractivity contribution >= 4 is 0 Å². The van der Waals surface area contributed by atoms with Gasteiger partial charge in [-0.05, 0) is 47.8 Å². The van der Waals surface area contributed by atoms with E-state index in [2.05, 4.69) is 20.8 Å². The van der Waals surface area contributed by atoms with Crippen LogP contribution in [0, 0.1) is 28.6 Å². The van der Waals surface area contributed by atoms with E-state index in [0.29, 0.717) is 0 Å². The molecule has 3 fully saturated rings. The molecule has 0 aliphatic heterocycles. The molecule has 0 nitrogen and oxygen atoms in total. The van der Waals surface area contributed by atoms with E-state index < -0.39 is 0 Å². The van der Waals surface area contributed by atoms with E-state index >= 15 is 0 Å². The molecule has 0 saturated heterocycles. The van der Waals surface area contributed by atoms with Gasteiger partial charge in [0.05, 0.1) is 0 Å². The zero-order chi connectivity index (χ0) is 7.85. The van der Waals surface area contributed by atoms with Crippen LogP contribution in [0.1, 0.15) is 40.0 Å². The van der Waals surface area contributed by atoms with Gasteiger partial charge in [-0.25, -0.2) is 0 Å². The maximum atomic E-state index is 2.54. The van der Waals surface area contributed by atoms with Crippen LogP contribution in [0.4, 0.5) is 0 Å². The Morgan fingerprint density at radius 3 is 2.09 bits per heavy atom. The summed E-state index contributed by atoms with van der Waals surface area (Å²) in [6.45, 7) is 7.48. The summed E-state index contributed by atoms with van der Waals surface area (Å²) in [6.07, 6.45) is 4.65. The molecule has 3 aliphatic carbocycles. The molecule has 0 heteroatoms. The third kappa shape index (κ3) is 0.421. The maximum absolute atomic E-state index is 2.54. The van der Waals surface area contributed by atoms with Gasteiger partial charge in [-0.1, -0.05) is 20.8 Å². The summed E-state index contributed by atoms with van der Waals surface area (Å²) < 4.78 is 0.